The molecular weight excluding hydrogens is 270 g/mol. The van der Waals surface area contributed by atoms with Crippen molar-refractivity contribution in [2.24, 2.45) is 0 Å². The summed E-state index contributed by atoms with van der Waals surface area (Å²) in [7, 11) is 0. The summed E-state index contributed by atoms with van der Waals surface area (Å²) in [5.41, 5.74) is 0.711. The van der Waals surface area contributed by atoms with Crippen LogP contribution >= 0.6 is 0 Å². The minimum Gasteiger partial charge on any atom is -0.364 e. The molecule has 0 aromatic heterocycles. The Kier molecular flexibility index (Phi) is 4.87. The lowest BCUT2D eigenvalue weighted by Crippen LogP contribution is -2.38. The van der Waals surface area contributed by atoms with Crippen LogP contribution in [0.1, 0.15) is 52.5 Å². The molecule has 0 saturated carbocycles. The molecule has 1 aliphatic rings. The van der Waals surface area contributed by atoms with E-state index >= 15 is 0 Å². The van der Waals surface area contributed by atoms with Gasteiger partial charge in [-0.3, -0.25) is 0 Å². The molecule has 1 heterocycles. The van der Waals surface area contributed by atoms with Crippen LogP contribution in [0.15, 0.2) is 12.1 Å². The Labute approximate surface area is 126 Å². The van der Waals surface area contributed by atoms with Gasteiger partial charge in [-0.2, -0.15) is 0 Å². The van der Waals surface area contributed by atoms with Gasteiger partial charge in [0.25, 0.3) is 0 Å². The van der Waals surface area contributed by atoms with Crippen molar-refractivity contribution < 1.29 is 8.78 Å². The van der Waals surface area contributed by atoms with Crippen LogP contribution in [0.3, 0.4) is 0 Å². The minimum absolute atomic E-state index is 0.0764. The molecule has 1 aliphatic heterocycles. The molecule has 21 heavy (non-hydrogen) atoms. The molecule has 1 aromatic rings. The fraction of sp³-hybridized carbons (Fsp3) is 0.647. The van der Waals surface area contributed by atoms with Crippen molar-refractivity contribution in [3.05, 3.63) is 29.3 Å². The molecule has 1 saturated heterocycles. The summed E-state index contributed by atoms with van der Waals surface area (Å²) in [5.74, 6) is -0.899. The van der Waals surface area contributed by atoms with Gasteiger partial charge in [0.05, 0.1) is 0 Å². The molecule has 1 unspecified atom stereocenters. The van der Waals surface area contributed by atoms with Gasteiger partial charge in [0, 0.05) is 24.7 Å². The number of nitrogens with zero attached hydrogens (tertiary/aromatic N) is 1. The van der Waals surface area contributed by atoms with Gasteiger partial charge >= 0.3 is 0 Å². The van der Waals surface area contributed by atoms with Gasteiger partial charge in [0.2, 0.25) is 0 Å². The zero-order valence-electron chi connectivity index (χ0n) is 13.5. The summed E-state index contributed by atoms with van der Waals surface area (Å²) in [4.78, 5) is 1.87. The predicted molar refractivity (Wildman–Crippen MR) is 83.6 cm³/mol. The van der Waals surface area contributed by atoms with Crippen molar-refractivity contribution in [2.75, 3.05) is 11.4 Å². The molecule has 1 fully saturated rings. The third-order valence-corrected chi connectivity index (χ3v) is 3.99. The standard InChI is InChI=1S/C17H26F2N2/c1-12-7-5-6-8-21(12)16-14(18)9-13(10-15(16)19)11-20-17(2,3)4/h9-10,12,20H,5-8,11H2,1-4H3. The van der Waals surface area contributed by atoms with Gasteiger partial charge in [-0.15, -0.1) is 0 Å². The van der Waals surface area contributed by atoms with Crippen LogP contribution in [0.2, 0.25) is 0 Å². The van der Waals surface area contributed by atoms with E-state index in [1.807, 2.05) is 32.6 Å². The largest absolute Gasteiger partial charge is 0.364 e. The van der Waals surface area contributed by atoms with Crippen molar-refractivity contribution in [3.8, 4) is 0 Å². The third-order valence-electron chi connectivity index (χ3n) is 3.99. The van der Waals surface area contributed by atoms with E-state index in [1.165, 1.54) is 12.1 Å². The van der Waals surface area contributed by atoms with Crippen LogP contribution in [-0.2, 0) is 6.54 Å². The quantitative estimate of drug-likeness (QED) is 0.898. The van der Waals surface area contributed by atoms with E-state index in [1.54, 1.807) is 0 Å². The molecule has 1 aromatic carbocycles. The molecule has 2 nitrogen and oxygen atoms in total. The number of hydrogen-bond donors (Lipinski definition) is 1. The Balaban J connectivity index is 2.21. The average molecular weight is 296 g/mol. The SMILES string of the molecule is CC1CCCCN1c1c(F)cc(CNC(C)(C)C)cc1F. The highest BCUT2D eigenvalue weighted by Crippen LogP contribution is 2.30. The summed E-state index contributed by atoms with van der Waals surface area (Å²) in [6, 6.07) is 3.11. The number of rotatable bonds is 3. The van der Waals surface area contributed by atoms with Crippen LogP contribution in [0.25, 0.3) is 0 Å². The van der Waals surface area contributed by atoms with Crippen molar-refractivity contribution in [1.82, 2.24) is 5.32 Å². The maximum Gasteiger partial charge on any atom is 0.149 e. The third kappa shape index (κ3) is 4.16. The summed E-state index contributed by atoms with van der Waals surface area (Å²) in [5, 5.41) is 3.25. The molecule has 0 aliphatic carbocycles. The first kappa shape index (κ1) is 16.2. The first-order chi connectivity index (χ1) is 9.78. The Morgan fingerprint density at radius 2 is 1.81 bits per heavy atom. The number of benzene rings is 1. The smallest absolute Gasteiger partial charge is 0.149 e. The molecule has 2 rings (SSSR count). The molecule has 118 valence electrons. The number of anilines is 1. The number of hydrogen-bond acceptors (Lipinski definition) is 2. The molecule has 0 radical (unpaired) electrons. The van der Waals surface area contributed by atoms with Crippen molar-refractivity contribution in [3.63, 3.8) is 0 Å². The Morgan fingerprint density at radius 1 is 1.19 bits per heavy atom. The fourth-order valence-electron chi connectivity index (χ4n) is 2.79. The van der Waals surface area contributed by atoms with Gasteiger partial charge in [-0.05, 0) is 64.7 Å². The molecule has 0 bridgehead atoms. The van der Waals surface area contributed by atoms with Crippen molar-refractivity contribution in [1.29, 1.82) is 0 Å². The van der Waals surface area contributed by atoms with E-state index in [9.17, 15) is 8.78 Å². The molecule has 0 amide bonds. The summed E-state index contributed by atoms with van der Waals surface area (Å²) >= 11 is 0. The first-order valence-electron chi connectivity index (χ1n) is 7.77. The van der Waals surface area contributed by atoms with E-state index in [2.05, 4.69) is 5.32 Å². The maximum atomic E-state index is 14.4. The van der Waals surface area contributed by atoms with E-state index in [-0.39, 0.29) is 17.3 Å². The van der Waals surface area contributed by atoms with E-state index in [0.29, 0.717) is 12.1 Å². The number of halogens is 2. The highest BCUT2D eigenvalue weighted by Gasteiger charge is 2.25. The van der Waals surface area contributed by atoms with Gasteiger partial charge in [-0.25, -0.2) is 8.78 Å². The second-order valence-electron chi connectivity index (χ2n) is 7.05. The summed E-state index contributed by atoms with van der Waals surface area (Å²) in [6.07, 6.45) is 3.12. The molecular formula is C17H26F2N2. The normalized spacial score (nSPS) is 19.9. The van der Waals surface area contributed by atoms with Crippen LogP contribution in [0.5, 0.6) is 0 Å². The van der Waals surface area contributed by atoms with Gasteiger partial charge in [-0.1, -0.05) is 0 Å². The van der Waals surface area contributed by atoms with Gasteiger partial charge < -0.3 is 10.2 Å². The average Bonchev–Trinajstić information content (AvgIpc) is 2.37. The maximum absolute atomic E-state index is 14.4. The second kappa shape index (κ2) is 6.30. The van der Waals surface area contributed by atoms with E-state index in [4.69, 9.17) is 0 Å². The molecule has 1 N–H and O–H groups in total. The summed E-state index contributed by atoms with van der Waals surface area (Å²) < 4.78 is 28.8. The monoisotopic (exact) mass is 296 g/mol. The number of nitrogens with one attached hydrogen (secondary N) is 1. The zero-order valence-corrected chi connectivity index (χ0v) is 13.5. The first-order valence-corrected chi connectivity index (χ1v) is 7.77. The Morgan fingerprint density at radius 3 is 2.33 bits per heavy atom. The fourth-order valence-corrected chi connectivity index (χ4v) is 2.79. The lowest BCUT2D eigenvalue weighted by Gasteiger charge is -2.35. The van der Waals surface area contributed by atoms with E-state index < -0.39 is 11.6 Å². The minimum atomic E-state index is -0.450. The lowest BCUT2D eigenvalue weighted by atomic mass is 10.0. The van der Waals surface area contributed by atoms with Crippen molar-refractivity contribution >= 4 is 5.69 Å². The predicted octanol–water partition coefficient (Wildman–Crippen LogP) is 4.23. The van der Waals surface area contributed by atoms with Crippen molar-refractivity contribution in [2.45, 2.75) is 65.1 Å². The van der Waals surface area contributed by atoms with Crippen LogP contribution < -0.4 is 10.2 Å². The highest BCUT2D eigenvalue weighted by molar-refractivity contribution is 5.52. The number of piperidine rings is 1. The van der Waals surface area contributed by atoms with Crippen LogP contribution in [-0.4, -0.2) is 18.1 Å². The highest BCUT2D eigenvalue weighted by atomic mass is 19.1. The molecule has 0 spiro atoms. The second-order valence-corrected chi connectivity index (χ2v) is 7.05. The Bertz CT molecular complexity index is 471. The van der Waals surface area contributed by atoms with Gasteiger partial charge in [0.15, 0.2) is 0 Å². The molecule has 1 atom stereocenters. The van der Waals surface area contributed by atoms with Crippen LogP contribution in [0.4, 0.5) is 14.5 Å². The lowest BCUT2D eigenvalue weighted by molar-refractivity contribution is 0.422. The molecule has 4 heteroatoms. The van der Waals surface area contributed by atoms with Gasteiger partial charge in [0.1, 0.15) is 17.3 Å². The van der Waals surface area contributed by atoms with E-state index in [0.717, 1.165) is 25.8 Å². The zero-order chi connectivity index (χ0) is 15.6. The van der Waals surface area contributed by atoms with Crippen LogP contribution in [0, 0.1) is 11.6 Å². The topological polar surface area (TPSA) is 15.3 Å². The Hall–Kier alpha value is -1.16. The summed E-state index contributed by atoms with van der Waals surface area (Å²) in [6.45, 7) is 9.32.